The second-order valence-corrected chi connectivity index (χ2v) is 2.53. The Bertz CT molecular complexity index is 190. The summed E-state index contributed by atoms with van der Waals surface area (Å²) in [7, 11) is 0. The van der Waals surface area contributed by atoms with Gasteiger partial charge in [-0.05, 0) is 6.42 Å². The molecule has 0 aromatic heterocycles. The van der Waals surface area contributed by atoms with E-state index >= 15 is 0 Å². The zero-order chi connectivity index (χ0) is 10.3. The number of aliphatic carboxylic acids is 1. The van der Waals surface area contributed by atoms with Crippen LogP contribution >= 0.6 is 0 Å². The highest BCUT2D eigenvalue weighted by Crippen LogP contribution is 1.93. The van der Waals surface area contributed by atoms with E-state index in [9.17, 15) is 10.0 Å². The van der Waals surface area contributed by atoms with E-state index in [1.807, 2.05) is 0 Å². The predicted octanol–water partition coefficient (Wildman–Crippen LogP) is -2.45. The maximum absolute atomic E-state index is 10.3. The molecule has 0 aliphatic carbocycles. The molecule has 7 N–H and O–H groups in total. The van der Waals surface area contributed by atoms with Crippen LogP contribution in [-0.2, 0) is 4.79 Å². The van der Waals surface area contributed by atoms with Crippen molar-refractivity contribution in [1.29, 1.82) is 0 Å². The highest BCUT2D eigenvalue weighted by Gasteiger charge is 2.15. The van der Waals surface area contributed by atoms with Crippen LogP contribution in [0, 0.1) is 5.21 Å². The predicted molar refractivity (Wildman–Crippen MR) is 46.6 cm³/mol. The number of nitrogens with two attached hydrogens (primary N) is 3. The van der Waals surface area contributed by atoms with Gasteiger partial charge in [0.2, 0.25) is 0 Å². The molecule has 0 heterocycles. The lowest BCUT2D eigenvalue weighted by Gasteiger charge is -2.11. The fourth-order valence-corrected chi connectivity index (χ4v) is 0.769. The van der Waals surface area contributed by atoms with Crippen LogP contribution in [0.3, 0.4) is 0 Å². The van der Waals surface area contributed by atoms with Crippen molar-refractivity contribution in [3.63, 3.8) is 0 Å². The van der Waals surface area contributed by atoms with Gasteiger partial charge in [0, 0.05) is 13.0 Å². The summed E-state index contributed by atoms with van der Waals surface area (Å²) in [6.07, 6.45) is 0.739. The summed E-state index contributed by atoms with van der Waals surface area (Å²) in [5.41, 5.74) is 10.5. The third kappa shape index (κ3) is 5.88. The first-order valence-corrected chi connectivity index (χ1v) is 3.81. The Morgan fingerprint density at radius 2 is 2.23 bits per heavy atom. The van der Waals surface area contributed by atoms with Gasteiger partial charge < -0.3 is 27.3 Å². The maximum Gasteiger partial charge on any atom is 0.362 e. The van der Waals surface area contributed by atoms with Crippen LogP contribution in [-0.4, -0.2) is 29.6 Å². The fraction of sp³-hybridized carbons (Fsp3) is 0.667. The molecular formula is C6H14N4O3. The van der Waals surface area contributed by atoms with E-state index in [1.165, 1.54) is 0 Å². The smallest absolute Gasteiger partial charge is 0.362 e. The first-order valence-electron chi connectivity index (χ1n) is 3.81. The topological polar surface area (TPSA) is 141 Å². The van der Waals surface area contributed by atoms with Gasteiger partial charge >= 0.3 is 5.97 Å². The Kier molecular flexibility index (Phi) is 5.57. The molecule has 0 aliphatic heterocycles. The van der Waals surface area contributed by atoms with Crippen molar-refractivity contribution in [2.45, 2.75) is 18.9 Å². The lowest BCUT2D eigenvalue weighted by Crippen LogP contribution is -2.86. The van der Waals surface area contributed by atoms with E-state index in [0.717, 1.165) is 0 Å². The van der Waals surface area contributed by atoms with Gasteiger partial charge in [-0.2, -0.15) is 0 Å². The number of rotatable bonds is 6. The van der Waals surface area contributed by atoms with Crippen LogP contribution in [0.2, 0.25) is 0 Å². The number of carbonyl (C=O) groups is 1. The van der Waals surface area contributed by atoms with E-state index in [2.05, 4.69) is 4.99 Å². The molecule has 0 unspecified atom stereocenters. The van der Waals surface area contributed by atoms with E-state index in [-0.39, 0.29) is 12.4 Å². The molecule has 76 valence electrons. The highest BCUT2D eigenvalue weighted by atomic mass is 16.5. The Labute approximate surface area is 75.4 Å². The van der Waals surface area contributed by atoms with Gasteiger partial charge in [-0.15, -0.1) is 0 Å². The van der Waals surface area contributed by atoms with Crippen molar-refractivity contribution >= 4 is 11.9 Å². The van der Waals surface area contributed by atoms with E-state index in [4.69, 9.17) is 16.6 Å². The second-order valence-electron chi connectivity index (χ2n) is 2.53. The normalized spacial score (nSPS) is 12.1. The van der Waals surface area contributed by atoms with Crippen molar-refractivity contribution in [1.82, 2.24) is 0 Å². The fourth-order valence-electron chi connectivity index (χ4n) is 0.769. The number of hydrogen-bond donors (Lipinski definition) is 4. The molecule has 0 amide bonds. The van der Waals surface area contributed by atoms with Crippen molar-refractivity contribution in [3.05, 3.63) is 5.21 Å². The minimum absolute atomic E-state index is 0.0296. The molecule has 0 radical (unpaired) electrons. The van der Waals surface area contributed by atoms with Crippen LogP contribution in [0.4, 0.5) is 0 Å². The largest absolute Gasteiger partial charge is 0.635 e. The van der Waals surface area contributed by atoms with Crippen molar-refractivity contribution in [2.75, 3.05) is 6.54 Å². The average Bonchev–Trinajstić information content (AvgIpc) is 2.03. The van der Waals surface area contributed by atoms with Gasteiger partial charge in [-0.3, -0.25) is 4.99 Å². The number of carboxylic acids is 1. The Hall–Kier alpha value is -1.34. The van der Waals surface area contributed by atoms with Crippen LogP contribution in [0.1, 0.15) is 12.8 Å². The van der Waals surface area contributed by atoms with Gasteiger partial charge in [0.15, 0.2) is 12.0 Å². The number of nitrogens with zero attached hydrogens (tertiary/aromatic N) is 1. The molecule has 0 aliphatic rings. The first-order chi connectivity index (χ1) is 6.07. The Morgan fingerprint density at radius 1 is 1.62 bits per heavy atom. The maximum atomic E-state index is 10.3. The molecule has 0 spiro atoms. The minimum atomic E-state index is -1.11. The number of aliphatic imine (C=N–C) groups is 1. The molecular weight excluding hydrogens is 176 g/mol. The summed E-state index contributed by atoms with van der Waals surface area (Å²) >= 11 is 0. The first kappa shape index (κ1) is 11.7. The van der Waals surface area contributed by atoms with Crippen molar-refractivity contribution < 1.29 is 15.4 Å². The van der Waals surface area contributed by atoms with Gasteiger partial charge in [0.05, 0.1) is 0 Å². The van der Waals surface area contributed by atoms with E-state index in [1.54, 1.807) is 0 Å². The van der Waals surface area contributed by atoms with Gasteiger partial charge in [-0.1, -0.05) is 0 Å². The van der Waals surface area contributed by atoms with Crippen LogP contribution in [0.15, 0.2) is 4.99 Å². The van der Waals surface area contributed by atoms with Crippen molar-refractivity contribution in [2.24, 2.45) is 16.5 Å². The third-order valence-corrected chi connectivity index (χ3v) is 1.45. The molecule has 0 aromatic carbocycles. The summed E-state index contributed by atoms with van der Waals surface area (Å²) in [4.78, 5) is 14.0. The molecule has 0 fully saturated rings. The van der Waals surface area contributed by atoms with Gasteiger partial charge in [-0.25, -0.2) is 4.79 Å². The molecule has 0 aromatic rings. The number of carboxylic acid groups (broad SMARTS) is 1. The molecule has 0 bridgehead atoms. The van der Waals surface area contributed by atoms with E-state index in [0.29, 0.717) is 18.4 Å². The zero-order valence-electron chi connectivity index (χ0n) is 7.14. The van der Waals surface area contributed by atoms with Gasteiger partial charge in [0.1, 0.15) is 0 Å². The number of quaternary nitrogens is 1. The highest BCUT2D eigenvalue weighted by molar-refractivity contribution is 5.75. The summed E-state index contributed by atoms with van der Waals surface area (Å²) in [6.45, 7) is 0.347. The second kappa shape index (κ2) is 6.21. The SMILES string of the molecule is NC(N)=NCCC[C@H]([NH2+][O-])C(=O)O. The lowest BCUT2D eigenvalue weighted by molar-refractivity contribution is -0.616. The van der Waals surface area contributed by atoms with E-state index < -0.39 is 12.0 Å². The summed E-state index contributed by atoms with van der Waals surface area (Å²) in [5, 5.41) is 18.7. The third-order valence-electron chi connectivity index (χ3n) is 1.45. The molecule has 1 atom stereocenters. The van der Waals surface area contributed by atoms with Crippen LogP contribution < -0.4 is 16.9 Å². The number of guanidine groups is 1. The summed E-state index contributed by atoms with van der Waals surface area (Å²) in [6, 6.07) is -0.950. The number of hydrogen-bond acceptors (Lipinski definition) is 3. The van der Waals surface area contributed by atoms with Crippen LogP contribution in [0.25, 0.3) is 0 Å². The molecule has 0 saturated heterocycles. The number of hydroxylamine groups is 1. The zero-order valence-corrected chi connectivity index (χ0v) is 7.14. The summed E-state index contributed by atoms with van der Waals surface area (Å²) in [5.74, 6) is -1.14. The molecule has 7 heteroatoms. The molecule has 7 nitrogen and oxygen atoms in total. The van der Waals surface area contributed by atoms with Gasteiger partial charge in [0.25, 0.3) is 0 Å². The minimum Gasteiger partial charge on any atom is -0.635 e. The Balaban J connectivity index is 3.62. The average molecular weight is 190 g/mol. The Morgan fingerprint density at radius 3 is 2.62 bits per heavy atom. The summed E-state index contributed by atoms with van der Waals surface area (Å²) < 4.78 is 0. The lowest BCUT2D eigenvalue weighted by atomic mass is 10.2. The molecule has 0 saturated carbocycles. The van der Waals surface area contributed by atoms with Crippen molar-refractivity contribution in [3.8, 4) is 0 Å². The standard InChI is InChI=1S/C6H14N4O3/c7-6(8)9-3-1-2-4(10-13)5(11)12/h4H,1-3,10H2,(H,11,12)(H4,7,8,9)/t4-/m0/s1. The van der Waals surface area contributed by atoms with Crippen LogP contribution in [0.5, 0.6) is 0 Å². The molecule has 0 rings (SSSR count). The monoisotopic (exact) mass is 190 g/mol. The quantitative estimate of drug-likeness (QED) is 0.159. The molecule has 13 heavy (non-hydrogen) atoms.